The van der Waals surface area contributed by atoms with Crippen LogP contribution in [0.2, 0.25) is 0 Å². The van der Waals surface area contributed by atoms with Gasteiger partial charge in [0.15, 0.2) is 0 Å². The van der Waals surface area contributed by atoms with E-state index in [4.69, 9.17) is 4.74 Å². The summed E-state index contributed by atoms with van der Waals surface area (Å²) in [6, 6.07) is 4.73. The van der Waals surface area contributed by atoms with Crippen LogP contribution in [0.1, 0.15) is 92.4 Å². The normalized spacial score (nSPS) is 18.4. The Morgan fingerprint density at radius 2 is 1.63 bits per heavy atom. The lowest BCUT2D eigenvalue weighted by Gasteiger charge is -2.27. The van der Waals surface area contributed by atoms with Crippen LogP contribution in [0, 0.1) is 0 Å². The number of rotatable bonds is 15. The number of unbranched alkanes of at least 4 members (excludes halogenated alkanes) is 5. The third-order valence-corrected chi connectivity index (χ3v) is 7.22. The van der Waals surface area contributed by atoms with Gasteiger partial charge in [0.1, 0.15) is 12.1 Å². The Hall–Kier alpha value is -3.27. The summed E-state index contributed by atoms with van der Waals surface area (Å²) in [5.41, 5.74) is 0.945. The summed E-state index contributed by atoms with van der Waals surface area (Å²) in [7, 11) is 0. The van der Waals surface area contributed by atoms with E-state index in [2.05, 4.69) is 5.32 Å². The highest BCUT2D eigenvalue weighted by Gasteiger charge is 2.37. The lowest BCUT2D eigenvalue weighted by Crippen LogP contribution is -2.53. The average Bonchev–Trinajstić information content (AvgIpc) is 3.49. The number of ether oxygens (including phenoxy) is 1. The maximum atomic E-state index is 12.9. The number of carboxylic acid groups (broad SMARTS) is 1. The van der Waals surface area contributed by atoms with Crippen molar-refractivity contribution >= 4 is 29.7 Å². The van der Waals surface area contributed by atoms with Gasteiger partial charge in [0.2, 0.25) is 5.91 Å². The number of carbonyl (C=O) groups excluding carboxylic acids is 4. The number of carboxylic acids is 1. The van der Waals surface area contributed by atoms with Crippen LogP contribution >= 0.6 is 0 Å². The molecule has 1 unspecified atom stereocenters. The first kappa shape index (κ1) is 29.3. The van der Waals surface area contributed by atoms with Crippen molar-refractivity contribution in [3.63, 3.8) is 0 Å². The number of nitrogens with zero attached hydrogens (tertiary/aromatic N) is 2. The molecule has 3 atom stereocenters. The van der Waals surface area contributed by atoms with Gasteiger partial charge in [-0.05, 0) is 51.7 Å². The van der Waals surface area contributed by atoms with Crippen molar-refractivity contribution in [2.75, 3.05) is 19.7 Å². The van der Waals surface area contributed by atoms with E-state index in [1.807, 2.05) is 0 Å². The van der Waals surface area contributed by atoms with Gasteiger partial charge < -0.3 is 14.7 Å². The predicted molar refractivity (Wildman–Crippen MR) is 140 cm³/mol. The fourth-order valence-electron chi connectivity index (χ4n) is 5.19. The molecule has 3 rings (SSSR count). The fraction of sp³-hybridized carbons (Fsp3) is 0.607. The van der Waals surface area contributed by atoms with Crippen LogP contribution in [0.5, 0.6) is 0 Å². The molecular weight excluding hydrogens is 490 g/mol. The van der Waals surface area contributed by atoms with Crippen LogP contribution in [0.4, 0.5) is 0 Å². The number of esters is 1. The number of amides is 3. The lowest BCUT2D eigenvalue weighted by molar-refractivity contribution is -0.150. The first-order valence-electron chi connectivity index (χ1n) is 13.7. The van der Waals surface area contributed by atoms with Crippen molar-refractivity contribution in [3.05, 3.63) is 35.4 Å². The molecule has 1 fully saturated rings. The molecule has 10 nitrogen and oxygen atoms in total. The summed E-state index contributed by atoms with van der Waals surface area (Å²) in [4.78, 5) is 64.4. The van der Waals surface area contributed by atoms with Gasteiger partial charge in [0.05, 0.1) is 23.8 Å². The molecule has 2 N–H and O–H groups in total. The molecule has 0 aromatic heterocycles. The smallest absolute Gasteiger partial charge is 0.326 e. The summed E-state index contributed by atoms with van der Waals surface area (Å²) in [5, 5.41) is 12.4. The number of aliphatic carboxylic acids is 1. The third kappa shape index (κ3) is 7.18. The standard InChI is InChI=1S/C28H39N3O7/c1-3-38-28(37)22(29-19(2)24(32)30-18-12-16-23(30)27(35)36)15-8-6-4-5-7-11-17-31-25(33)20-13-9-10-14-21(20)26(31)34/h9-10,13-14,19,22-23,29H,3-8,11-12,15-18H2,1-2H3,(H,35,36)/t19-,22?,23-/m0/s1. The van der Waals surface area contributed by atoms with Crippen molar-refractivity contribution in [2.24, 2.45) is 0 Å². The summed E-state index contributed by atoms with van der Waals surface area (Å²) < 4.78 is 5.19. The predicted octanol–water partition coefficient (Wildman–Crippen LogP) is 3.00. The molecular formula is C28H39N3O7. The Morgan fingerprint density at radius 1 is 1.03 bits per heavy atom. The number of likely N-dealkylation sites (tertiary alicyclic amines) is 1. The first-order valence-corrected chi connectivity index (χ1v) is 13.7. The van der Waals surface area contributed by atoms with Gasteiger partial charge in [-0.1, -0.05) is 44.2 Å². The quantitative estimate of drug-likeness (QED) is 0.201. The van der Waals surface area contributed by atoms with Crippen LogP contribution in [0.3, 0.4) is 0 Å². The zero-order valence-corrected chi connectivity index (χ0v) is 22.3. The maximum Gasteiger partial charge on any atom is 0.326 e. The third-order valence-electron chi connectivity index (χ3n) is 7.22. The second kappa shape index (κ2) is 14.0. The zero-order chi connectivity index (χ0) is 27.7. The summed E-state index contributed by atoms with van der Waals surface area (Å²) in [5.74, 6) is -2.18. The second-order valence-corrected chi connectivity index (χ2v) is 9.94. The molecule has 0 spiro atoms. The molecule has 1 saturated heterocycles. The molecule has 208 valence electrons. The van der Waals surface area contributed by atoms with Gasteiger partial charge in [0.25, 0.3) is 11.8 Å². The van der Waals surface area contributed by atoms with E-state index >= 15 is 0 Å². The fourth-order valence-corrected chi connectivity index (χ4v) is 5.19. The summed E-state index contributed by atoms with van der Waals surface area (Å²) in [6.45, 7) is 4.43. The molecule has 2 heterocycles. The van der Waals surface area contributed by atoms with Crippen LogP contribution in [0.15, 0.2) is 24.3 Å². The van der Waals surface area contributed by atoms with E-state index < -0.39 is 30.1 Å². The van der Waals surface area contributed by atoms with Crippen LogP contribution in [-0.2, 0) is 19.1 Å². The molecule has 0 bridgehead atoms. The number of benzene rings is 1. The minimum atomic E-state index is -1.01. The highest BCUT2D eigenvalue weighted by molar-refractivity contribution is 6.21. The van der Waals surface area contributed by atoms with E-state index in [1.165, 1.54) is 9.80 Å². The Morgan fingerprint density at radius 3 is 2.24 bits per heavy atom. The number of hydrogen-bond donors (Lipinski definition) is 2. The van der Waals surface area contributed by atoms with Gasteiger partial charge in [-0.3, -0.25) is 29.4 Å². The van der Waals surface area contributed by atoms with Crippen molar-refractivity contribution in [1.82, 2.24) is 15.1 Å². The minimum absolute atomic E-state index is 0.223. The summed E-state index contributed by atoms with van der Waals surface area (Å²) >= 11 is 0. The Labute approximate surface area is 223 Å². The first-order chi connectivity index (χ1) is 18.3. The molecule has 1 aromatic rings. The van der Waals surface area contributed by atoms with Crippen LogP contribution in [0.25, 0.3) is 0 Å². The molecule has 2 aliphatic heterocycles. The van der Waals surface area contributed by atoms with Crippen molar-refractivity contribution in [1.29, 1.82) is 0 Å². The highest BCUT2D eigenvalue weighted by atomic mass is 16.5. The average molecular weight is 530 g/mol. The van der Waals surface area contributed by atoms with Crippen molar-refractivity contribution in [2.45, 2.75) is 89.8 Å². The monoisotopic (exact) mass is 529 g/mol. The molecule has 3 amide bonds. The maximum absolute atomic E-state index is 12.9. The topological polar surface area (TPSA) is 133 Å². The molecule has 1 aromatic carbocycles. The minimum Gasteiger partial charge on any atom is -0.480 e. The number of nitrogens with one attached hydrogen (secondary N) is 1. The van der Waals surface area contributed by atoms with Gasteiger partial charge in [0, 0.05) is 13.1 Å². The molecule has 0 aliphatic carbocycles. The number of carbonyl (C=O) groups is 5. The van der Waals surface area contributed by atoms with Gasteiger partial charge >= 0.3 is 11.9 Å². The van der Waals surface area contributed by atoms with Gasteiger partial charge in [-0.25, -0.2) is 4.79 Å². The second-order valence-electron chi connectivity index (χ2n) is 9.94. The Kier molecular flexibility index (Phi) is 10.8. The van der Waals surface area contributed by atoms with Gasteiger partial charge in [-0.2, -0.15) is 0 Å². The Balaban J connectivity index is 1.36. The van der Waals surface area contributed by atoms with Crippen LogP contribution in [-0.4, -0.2) is 82.4 Å². The van der Waals surface area contributed by atoms with E-state index in [-0.39, 0.29) is 24.3 Å². The largest absolute Gasteiger partial charge is 0.480 e. The lowest BCUT2D eigenvalue weighted by atomic mass is 10.0. The Bertz CT molecular complexity index is 992. The van der Waals surface area contributed by atoms with Crippen molar-refractivity contribution < 1.29 is 33.8 Å². The molecule has 10 heteroatoms. The van der Waals surface area contributed by atoms with E-state index in [0.717, 1.165) is 38.5 Å². The summed E-state index contributed by atoms with van der Waals surface area (Å²) in [6.07, 6.45) is 6.76. The number of fused-ring (bicyclic) bond motifs is 1. The van der Waals surface area contributed by atoms with E-state index in [0.29, 0.717) is 43.5 Å². The molecule has 2 aliphatic rings. The zero-order valence-electron chi connectivity index (χ0n) is 22.3. The van der Waals surface area contributed by atoms with Crippen molar-refractivity contribution in [3.8, 4) is 0 Å². The number of hydrogen-bond acceptors (Lipinski definition) is 7. The molecule has 0 radical (unpaired) electrons. The molecule has 0 saturated carbocycles. The highest BCUT2D eigenvalue weighted by Crippen LogP contribution is 2.23. The van der Waals surface area contributed by atoms with Crippen LogP contribution < -0.4 is 5.32 Å². The van der Waals surface area contributed by atoms with E-state index in [1.54, 1.807) is 38.1 Å². The van der Waals surface area contributed by atoms with E-state index in [9.17, 15) is 29.1 Å². The van der Waals surface area contributed by atoms with Gasteiger partial charge in [-0.15, -0.1) is 0 Å². The molecule has 38 heavy (non-hydrogen) atoms. The number of imide groups is 1. The SMILES string of the molecule is CCOC(=O)C(CCCCCCCCN1C(=O)c2ccccc2C1=O)N[C@@H](C)C(=O)N1CCC[C@H]1C(=O)O.